The molecular formula is C15H9F3N4O2. The predicted octanol–water partition coefficient (Wildman–Crippen LogP) is 3.40. The van der Waals surface area contributed by atoms with Crippen LogP contribution in [0.3, 0.4) is 0 Å². The standard InChI is InChI=1S/C15H9F3N4O2/c16-15(17,18)12-3-5-20-7-11(12)13(23)22-14-10(8-21-24-14)9-2-1-4-19-6-9/h1-8H,(H,22,23). The lowest BCUT2D eigenvalue weighted by molar-refractivity contribution is -0.138. The molecule has 0 atom stereocenters. The molecule has 24 heavy (non-hydrogen) atoms. The van der Waals surface area contributed by atoms with E-state index in [2.05, 4.69) is 20.4 Å². The Kier molecular flexibility index (Phi) is 3.98. The molecule has 1 N–H and O–H groups in total. The van der Waals surface area contributed by atoms with Crippen molar-refractivity contribution in [3.63, 3.8) is 0 Å². The van der Waals surface area contributed by atoms with Crippen molar-refractivity contribution in [1.29, 1.82) is 0 Å². The third-order valence-electron chi connectivity index (χ3n) is 3.14. The van der Waals surface area contributed by atoms with E-state index in [9.17, 15) is 18.0 Å². The molecule has 0 aliphatic heterocycles. The Hall–Kier alpha value is -3.23. The fraction of sp³-hybridized carbons (Fsp3) is 0.0667. The maximum Gasteiger partial charge on any atom is 0.417 e. The Morgan fingerprint density at radius 3 is 2.58 bits per heavy atom. The summed E-state index contributed by atoms with van der Waals surface area (Å²) in [7, 11) is 0. The van der Waals surface area contributed by atoms with E-state index in [-0.39, 0.29) is 5.88 Å². The Morgan fingerprint density at radius 1 is 1.08 bits per heavy atom. The minimum atomic E-state index is -4.68. The number of alkyl halides is 3. The molecule has 0 bridgehead atoms. The molecule has 0 radical (unpaired) electrons. The molecule has 0 saturated heterocycles. The Balaban J connectivity index is 1.92. The number of nitrogens with zero attached hydrogens (tertiary/aromatic N) is 3. The molecule has 0 aromatic carbocycles. The number of hydrogen-bond acceptors (Lipinski definition) is 5. The van der Waals surface area contributed by atoms with Crippen LogP contribution < -0.4 is 5.32 Å². The number of anilines is 1. The zero-order valence-corrected chi connectivity index (χ0v) is 11.9. The van der Waals surface area contributed by atoms with Gasteiger partial charge in [-0.25, -0.2) is 0 Å². The SMILES string of the molecule is O=C(Nc1oncc1-c1cccnc1)c1cnccc1C(F)(F)F. The molecule has 1 amide bonds. The summed E-state index contributed by atoms with van der Waals surface area (Å²) in [6.45, 7) is 0. The van der Waals surface area contributed by atoms with Crippen molar-refractivity contribution in [2.75, 3.05) is 5.32 Å². The first kappa shape index (κ1) is 15.7. The first-order valence-electron chi connectivity index (χ1n) is 6.64. The lowest BCUT2D eigenvalue weighted by Crippen LogP contribution is -2.19. The molecule has 122 valence electrons. The second-order valence-electron chi connectivity index (χ2n) is 4.68. The summed E-state index contributed by atoms with van der Waals surface area (Å²) < 4.78 is 43.9. The van der Waals surface area contributed by atoms with Gasteiger partial charge in [-0.2, -0.15) is 13.2 Å². The molecule has 6 nitrogen and oxygen atoms in total. The lowest BCUT2D eigenvalue weighted by atomic mass is 10.1. The van der Waals surface area contributed by atoms with Gasteiger partial charge in [0.2, 0.25) is 5.88 Å². The van der Waals surface area contributed by atoms with Gasteiger partial charge >= 0.3 is 6.18 Å². The molecule has 0 unspecified atom stereocenters. The number of pyridine rings is 2. The highest BCUT2D eigenvalue weighted by atomic mass is 19.4. The summed E-state index contributed by atoms with van der Waals surface area (Å²) in [5.41, 5.74) is -0.707. The minimum Gasteiger partial charge on any atom is -0.338 e. The van der Waals surface area contributed by atoms with Crippen molar-refractivity contribution in [3.05, 3.63) is 60.3 Å². The fourth-order valence-corrected chi connectivity index (χ4v) is 2.05. The van der Waals surface area contributed by atoms with Gasteiger partial charge in [0.05, 0.1) is 22.9 Å². The van der Waals surface area contributed by atoms with Crippen LogP contribution in [0.1, 0.15) is 15.9 Å². The molecule has 3 aromatic rings. The highest BCUT2D eigenvalue weighted by Gasteiger charge is 2.35. The number of aromatic nitrogens is 3. The summed E-state index contributed by atoms with van der Waals surface area (Å²) in [4.78, 5) is 19.7. The molecule has 3 rings (SSSR count). The summed E-state index contributed by atoms with van der Waals surface area (Å²) in [5, 5.41) is 5.84. The normalized spacial score (nSPS) is 11.3. The van der Waals surface area contributed by atoms with E-state index in [1.165, 1.54) is 12.4 Å². The molecule has 0 fully saturated rings. The fourth-order valence-electron chi connectivity index (χ4n) is 2.05. The van der Waals surface area contributed by atoms with Crippen molar-refractivity contribution < 1.29 is 22.5 Å². The lowest BCUT2D eigenvalue weighted by Gasteiger charge is -2.11. The average Bonchev–Trinajstić information content (AvgIpc) is 3.03. The van der Waals surface area contributed by atoms with Gasteiger partial charge in [0.25, 0.3) is 5.91 Å². The second-order valence-corrected chi connectivity index (χ2v) is 4.68. The molecular weight excluding hydrogens is 325 g/mol. The molecule has 0 saturated carbocycles. The maximum absolute atomic E-state index is 13.0. The molecule has 0 spiro atoms. The van der Waals surface area contributed by atoms with Gasteiger partial charge in [-0.15, -0.1) is 0 Å². The van der Waals surface area contributed by atoms with E-state index in [1.54, 1.807) is 18.3 Å². The highest BCUT2D eigenvalue weighted by molar-refractivity contribution is 6.06. The zero-order valence-electron chi connectivity index (χ0n) is 11.9. The van der Waals surface area contributed by atoms with Crippen LogP contribution in [0.15, 0.2) is 53.7 Å². The van der Waals surface area contributed by atoms with Crippen LogP contribution >= 0.6 is 0 Å². The minimum absolute atomic E-state index is 0.0787. The van der Waals surface area contributed by atoms with Crippen molar-refractivity contribution in [3.8, 4) is 11.1 Å². The molecule has 0 aliphatic rings. The summed E-state index contributed by atoms with van der Waals surface area (Å²) in [5.74, 6) is -1.08. The van der Waals surface area contributed by atoms with Crippen molar-refractivity contribution in [1.82, 2.24) is 15.1 Å². The van der Waals surface area contributed by atoms with E-state index >= 15 is 0 Å². The van der Waals surface area contributed by atoms with Gasteiger partial charge in [0.15, 0.2) is 0 Å². The van der Waals surface area contributed by atoms with Crippen LogP contribution in [0.4, 0.5) is 19.1 Å². The van der Waals surface area contributed by atoms with E-state index in [0.717, 1.165) is 18.5 Å². The summed E-state index contributed by atoms with van der Waals surface area (Å²) >= 11 is 0. The van der Waals surface area contributed by atoms with Crippen molar-refractivity contribution in [2.45, 2.75) is 6.18 Å². The van der Waals surface area contributed by atoms with Crippen LogP contribution in [0.5, 0.6) is 0 Å². The van der Waals surface area contributed by atoms with E-state index in [4.69, 9.17) is 4.52 Å². The quantitative estimate of drug-likeness (QED) is 0.794. The second kappa shape index (κ2) is 6.11. The topological polar surface area (TPSA) is 80.9 Å². The molecule has 0 aliphatic carbocycles. The highest BCUT2D eigenvalue weighted by Crippen LogP contribution is 2.32. The molecule has 9 heteroatoms. The van der Waals surface area contributed by atoms with Crippen LogP contribution in [0, 0.1) is 0 Å². The number of halogens is 3. The zero-order chi connectivity index (χ0) is 17.2. The average molecular weight is 334 g/mol. The smallest absolute Gasteiger partial charge is 0.338 e. The summed E-state index contributed by atoms with van der Waals surface area (Å²) in [6, 6.07) is 4.09. The van der Waals surface area contributed by atoms with E-state index < -0.39 is 23.2 Å². The van der Waals surface area contributed by atoms with Crippen molar-refractivity contribution in [2.24, 2.45) is 0 Å². The van der Waals surface area contributed by atoms with Gasteiger partial charge < -0.3 is 4.52 Å². The van der Waals surface area contributed by atoms with Gasteiger partial charge in [-0.3, -0.25) is 20.1 Å². The third-order valence-corrected chi connectivity index (χ3v) is 3.14. The number of hydrogen-bond donors (Lipinski definition) is 1. The third kappa shape index (κ3) is 3.09. The van der Waals surface area contributed by atoms with Gasteiger partial charge in [-0.05, 0) is 12.1 Å². The molecule has 3 aromatic heterocycles. The monoisotopic (exact) mass is 334 g/mol. The molecule has 3 heterocycles. The van der Waals surface area contributed by atoms with Gasteiger partial charge in [0, 0.05) is 30.4 Å². The number of carbonyl (C=O) groups excluding carboxylic acids is 1. The van der Waals surface area contributed by atoms with Crippen LogP contribution in [0.25, 0.3) is 11.1 Å². The van der Waals surface area contributed by atoms with Crippen LogP contribution in [0.2, 0.25) is 0 Å². The van der Waals surface area contributed by atoms with Gasteiger partial charge in [0.1, 0.15) is 0 Å². The first-order valence-corrected chi connectivity index (χ1v) is 6.64. The Bertz CT molecular complexity index is 862. The Labute approximate surface area is 133 Å². The van der Waals surface area contributed by atoms with Crippen molar-refractivity contribution >= 4 is 11.8 Å². The number of carbonyl (C=O) groups is 1. The number of nitrogens with one attached hydrogen (secondary N) is 1. The largest absolute Gasteiger partial charge is 0.417 e. The van der Waals surface area contributed by atoms with Crippen LogP contribution in [-0.4, -0.2) is 21.0 Å². The van der Waals surface area contributed by atoms with Crippen LogP contribution in [-0.2, 0) is 6.18 Å². The van der Waals surface area contributed by atoms with Gasteiger partial charge in [-0.1, -0.05) is 11.2 Å². The number of amides is 1. The number of rotatable bonds is 3. The summed E-state index contributed by atoms with van der Waals surface area (Å²) in [6.07, 6.45) is 1.53. The van der Waals surface area contributed by atoms with E-state index in [1.807, 2.05) is 0 Å². The first-order chi connectivity index (χ1) is 11.5. The predicted molar refractivity (Wildman–Crippen MR) is 76.9 cm³/mol. The Morgan fingerprint density at radius 2 is 1.88 bits per heavy atom. The maximum atomic E-state index is 13.0. The van der Waals surface area contributed by atoms with E-state index in [0.29, 0.717) is 11.1 Å².